The third kappa shape index (κ3) is 12.5. The predicted octanol–water partition coefficient (Wildman–Crippen LogP) is 5.87. The summed E-state index contributed by atoms with van der Waals surface area (Å²) in [4.78, 5) is 35.1. The zero-order valence-corrected chi connectivity index (χ0v) is 19.8. The fourth-order valence-electron chi connectivity index (χ4n) is 3.87. The lowest BCUT2D eigenvalue weighted by molar-refractivity contribution is -0.155. The first kappa shape index (κ1) is 27.7. The number of aryl methyl sites for hydroxylation is 1. The van der Waals surface area contributed by atoms with Gasteiger partial charge in [-0.3, -0.25) is 14.4 Å². The van der Waals surface area contributed by atoms with Crippen molar-refractivity contribution in [2.45, 2.75) is 97.0 Å². The molecule has 1 aromatic carbocycles. The van der Waals surface area contributed by atoms with Gasteiger partial charge in [0.25, 0.3) is 0 Å². The molecule has 6 heteroatoms. The van der Waals surface area contributed by atoms with Gasteiger partial charge in [-0.05, 0) is 52.0 Å². The van der Waals surface area contributed by atoms with E-state index in [9.17, 15) is 24.6 Å². The number of carbonyl (C=O) groups excluding carboxylic acids is 1. The van der Waals surface area contributed by atoms with Gasteiger partial charge >= 0.3 is 17.9 Å². The highest BCUT2D eigenvalue weighted by Gasteiger charge is 2.32. The number of esters is 1. The molecule has 1 rings (SSSR count). The summed E-state index contributed by atoms with van der Waals surface area (Å²) in [5.74, 6) is -3.94. The molecule has 32 heavy (non-hydrogen) atoms. The van der Waals surface area contributed by atoms with Crippen LogP contribution in [0.1, 0.15) is 90.5 Å². The van der Waals surface area contributed by atoms with E-state index in [0.717, 1.165) is 44.1 Å². The summed E-state index contributed by atoms with van der Waals surface area (Å²) in [7, 11) is 0. The summed E-state index contributed by atoms with van der Waals surface area (Å²) in [6.07, 6.45) is 8.15. The Morgan fingerprint density at radius 3 is 1.81 bits per heavy atom. The average Bonchev–Trinajstić information content (AvgIpc) is 2.70. The predicted molar refractivity (Wildman–Crippen MR) is 124 cm³/mol. The van der Waals surface area contributed by atoms with Crippen LogP contribution in [-0.4, -0.2) is 33.7 Å². The number of hydrogen-bond donors (Lipinski definition) is 2. The van der Waals surface area contributed by atoms with Crippen molar-refractivity contribution in [2.75, 3.05) is 0 Å². The zero-order chi connectivity index (χ0) is 24.0. The monoisotopic (exact) mass is 448 g/mol. The molecule has 180 valence electrons. The summed E-state index contributed by atoms with van der Waals surface area (Å²) in [6, 6.07) is 9.57. The number of carboxylic acids is 2. The van der Waals surface area contributed by atoms with Crippen molar-refractivity contribution >= 4 is 17.9 Å². The second-order valence-corrected chi connectivity index (χ2v) is 9.51. The fraction of sp³-hybridized carbons (Fsp3) is 0.654. The molecule has 0 aliphatic rings. The van der Waals surface area contributed by atoms with E-state index in [1.807, 2.05) is 51.1 Å². The van der Waals surface area contributed by atoms with Gasteiger partial charge in [0.1, 0.15) is 5.60 Å². The lowest BCUT2D eigenvalue weighted by Gasteiger charge is -2.20. The molecule has 0 aliphatic carbocycles. The Hall–Kier alpha value is -2.37. The summed E-state index contributed by atoms with van der Waals surface area (Å²) in [5, 5.41) is 19.2. The number of carboxylic acid groups (broad SMARTS) is 2. The van der Waals surface area contributed by atoms with Crippen molar-refractivity contribution < 1.29 is 29.3 Å². The molecule has 0 amide bonds. The lowest BCUT2D eigenvalue weighted by Crippen LogP contribution is -2.30. The van der Waals surface area contributed by atoms with Crippen LogP contribution in [0.25, 0.3) is 0 Å². The molecule has 1 aromatic rings. The highest BCUT2D eigenvalue weighted by Crippen LogP contribution is 2.25. The fourth-order valence-corrected chi connectivity index (χ4v) is 3.87. The van der Waals surface area contributed by atoms with Crippen molar-refractivity contribution in [3.05, 3.63) is 35.9 Å². The van der Waals surface area contributed by atoms with Crippen LogP contribution in [0.15, 0.2) is 30.3 Å². The summed E-state index contributed by atoms with van der Waals surface area (Å²) >= 11 is 0. The maximum atomic E-state index is 11.7. The summed E-state index contributed by atoms with van der Waals surface area (Å²) in [5.41, 5.74) is 0.584. The van der Waals surface area contributed by atoms with Crippen LogP contribution in [0, 0.1) is 11.8 Å². The van der Waals surface area contributed by atoms with Gasteiger partial charge in [0.2, 0.25) is 0 Å². The van der Waals surface area contributed by atoms with Crippen LogP contribution in [-0.2, 0) is 25.5 Å². The minimum atomic E-state index is -1.03. The van der Waals surface area contributed by atoms with Crippen LogP contribution < -0.4 is 0 Å². The molecular weight excluding hydrogens is 408 g/mol. The van der Waals surface area contributed by atoms with E-state index < -0.39 is 29.4 Å². The van der Waals surface area contributed by atoms with Crippen molar-refractivity contribution in [2.24, 2.45) is 11.8 Å². The Balaban J connectivity index is 2.26. The smallest absolute Gasteiger partial charge is 0.307 e. The van der Waals surface area contributed by atoms with Crippen molar-refractivity contribution in [1.82, 2.24) is 0 Å². The minimum absolute atomic E-state index is 0.155. The van der Waals surface area contributed by atoms with Crippen molar-refractivity contribution in [3.8, 4) is 0 Å². The number of carbonyl (C=O) groups is 3. The van der Waals surface area contributed by atoms with Gasteiger partial charge in [-0.1, -0.05) is 68.9 Å². The SMILES string of the molecule is CC(C)(C)OC(=O)CCCCCCCCCC(C(=O)O)[C@H](CCc1ccccc1)C(=O)O. The number of ether oxygens (including phenoxy) is 1. The van der Waals surface area contributed by atoms with Crippen LogP contribution in [0.5, 0.6) is 0 Å². The molecule has 0 spiro atoms. The molecule has 1 unspecified atom stereocenters. The van der Waals surface area contributed by atoms with Gasteiger partial charge < -0.3 is 14.9 Å². The molecule has 0 radical (unpaired) electrons. The first-order valence-electron chi connectivity index (χ1n) is 11.8. The van der Waals surface area contributed by atoms with E-state index in [1.165, 1.54) is 0 Å². The normalized spacial score (nSPS) is 13.3. The van der Waals surface area contributed by atoms with E-state index in [-0.39, 0.29) is 5.97 Å². The Morgan fingerprint density at radius 2 is 1.28 bits per heavy atom. The van der Waals surface area contributed by atoms with Gasteiger partial charge in [-0.15, -0.1) is 0 Å². The second-order valence-electron chi connectivity index (χ2n) is 9.51. The molecule has 2 atom stereocenters. The average molecular weight is 449 g/mol. The maximum absolute atomic E-state index is 11.7. The third-order valence-corrected chi connectivity index (χ3v) is 5.52. The highest BCUT2D eigenvalue weighted by atomic mass is 16.6. The molecule has 0 saturated heterocycles. The minimum Gasteiger partial charge on any atom is -0.481 e. The van der Waals surface area contributed by atoms with Crippen LogP contribution in [0.4, 0.5) is 0 Å². The Morgan fingerprint density at radius 1 is 0.781 bits per heavy atom. The quantitative estimate of drug-likeness (QED) is 0.242. The number of unbranched alkanes of at least 4 members (excludes halogenated alkanes) is 6. The summed E-state index contributed by atoms with van der Waals surface area (Å²) in [6.45, 7) is 5.59. The standard InChI is InChI=1S/C26H40O6/c1-26(2,3)32-23(27)17-13-8-6-4-5-7-12-16-21(24(28)29)22(25(30)31)19-18-20-14-10-9-11-15-20/h9-11,14-15,21-22H,4-8,12-13,16-19H2,1-3H3,(H,28,29)(H,30,31)/t21?,22-/m0/s1. The van der Waals surface area contributed by atoms with Crippen molar-refractivity contribution in [3.63, 3.8) is 0 Å². The molecule has 0 saturated carbocycles. The van der Waals surface area contributed by atoms with Gasteiger partial charge in [-0.25, -0.2) is 0 Å². The topological polar surface area (TPSA) is 101 Å². The molecule has 0 bridgehead atoms. The van der Waals surface area contributed by atoms with E-state index in [2.05, 4.69) is 0 Å². The van der Waals surface area contributed by atoms with Gasteiger partial charge in [0, 0.05) is 6.42 Å². The first-order valence-corrected chi connectivity index (χ1v) is 11.8. The first-order chi connectivity index (χ1) is 15.1. The molecular formula is C26H40O6. The Labute approximate surface area is 192 Å². The molecule has 6 nitrogen and oxygen atoms in total. The Bertz CT molecular complexity index is 692. The summed E-state index contributed by atoms with van der Waals surface area (Å²) < 4.78 is 5.29. The van der Waals surface area contributed by atoms with Crippen LogP contribution in [0.2, 0.25) is 0 Å². The molecule has 0 heterocycles. The van der Waals surface area contributed by atoms with Crippen molar-refractivity contribution in [1.29, 1.82) is 0 Å². The molecule has 0 aliphatic heterocycles. The number of benzene rings is 1. The Kier molecular flexibility index (Phi) is 12.7. The third-order valence-electron chi connectivity index (χ3n) is 5.52. The maximum Gasteiger partial charge on any atom is 0.307 e. The van der Waals surface area contributed by atoms with E-state index in [0.29, 0.717) is 32.1 Å². The molecule has 2 N–H and O–H groups in total. The van der Waals surface area contributed by atoms with Gasteiger partial charge in [0.05, 0.1) is 11.8 Å². The highest BCUT2D eigenvalue weighted by molar-refractivity contribution is 5.80. The van der Waals surface area contributed by atoms with E-state index in [1.54, 1.807) is 0 Å². The van der Waals surface area contributed by atoms with E-state index >= 15 is 0 Å². The number of rotatable bonds is 16. The van der Waals surface area contributed by atoms with Crippen LogP contribution >= 0.6 is 0 Å². The number of aliphatic carboxylic acids is 2. The zero-order valence-electron chi connectivity index (χ0n) is 19.8. The number of hydrogen-bond acceptors (Lipinski definition) is 4. The van der Waals surface area contributed by atoms with E-state index in [4.69, 9.17) is 4.74 Å². The molecule has 0 fully saturated rings. The second kappa shape index (κ2) is 14.6. The van der Waals surface area contributed by atoms with Gasteiger partial charge in [0.15, 0.2) is 0 Å². The largest absolute Gasteiger partial charge is 0.481 e. The van der Waals surface area contributed by atoms with Crippen LogP contribution in [0.3, 0.4) is 0 Å². The molecule has 0 aromatic heterocycles. The van der Waals surface area contributed by atoms with Gasteiger partial charge in [-0.2, -0.15) is 0 Å². The lowest BCUT2D eigenvalue weighted by atomic mass is 9.83.